The van der Waals surface area contributed by atoms with Crippen molar-refractivity contribution in [1.82, 2.24) is 0 Å². The van der Waals surface area contributed by atoms with Gasteiger partial charge < -0.3 is 10.1 Å². The Labute approximate surface area is 125 Å². The predicted octanol–water partition coefficient (Wildman–Crippen LogP) is 4.78. The van der Waals surface area contributed by atoms with Crippen molar-refractivity contribution in [2.45, 2.75) is 19.3 Å². The molecule has 2 aromatic carbocycles. The molecule has 0 heterocycles. The molecule has 0 atom stereocenters. The summed E-state index contributed by atoms with van der Waals surface area (Å²) in [5, 5.41) is 4.04. The highest BCUT2D eigenvalue weighted by Crippen LogP contribution is 2.27. The Morgan fingerprint density at radius 3 is 2.60 bits per heavy atom. The quantitative estimate of drug-likeness (QED) is 0.740. The molecule has 0 aliphatic heterocycles. The smallest absolute Gasteiger partial charge is 0.139 e. The maximum atomic E-state index is 6.00. The van der Waals surface area contributed by atoms with Crippen LogP contribution in [0.1, 0.15) is 18.4 Å². The van der Waals surface area contributed by atoms with Gasteiger partial charge in [0.05, 0.1) is 12.1 Å². The van der Waals surface area contributed by atoms with Gasteiger partial charge in [0.1, 0.15) is 5.75 Å². The van der Waals surface area contributed by atoms with Crippen LogP contribution in [0, 0.1) is 0 Å². The fraction of sp³-hybridized carbons (Fsp3) is 0.294. The van der Waals surface area contributed by atoms with Crippen molar-refractivity contribution in [3.05, 3.63) is 59.1 Å². The molecular formula is C17H20ClNO. The van der Waals surface area contributed by atoms with Gasteiger partial charge in [-0.1, -0.05) is 41.9 Å². The van der Waals surface area contributed by atoms with Gasteiger partial charge in [-0.25, -0.2) is 0 Å². The van der Waals surface area contributed by atoms with Crippen LogP contribution in [0.5, 0.6) is 5.75 Å². The Bertz CT molecular complexity index is 528. The van der Waals surface area contributed by atoms with E-state index in [4.69, 9.17) is 16.3 Å². The molecule has 0 saturated carbocycles. The van der Waals surface area contributed by atoms with Gasteiger partial charge in [0.25, 0.3) is 0 Å². The topological polar surface area (TPSA) is 21.3 Å². The molecule has 0 amide bonds. The van der Waals surface area contributed by atoms with Crippen molar-refractivity contribution in [3.63, 3.8) is 0 Å². The second-order valence-electron chi connectivity index (χ2n) is 4.72. The zero-order valence-corrected chi connectivity index (χ0v) is 12.5. The lowest BCUT2D eigenvalue weighted by molar-refractivity contribution is 0.415. The molecule has 0 radical (unpaired) electrons. The zero-order chi connectivity index (χ0) is 14.2. The van der Waals surface area contributed by atoms with Crippen LogP contribution in [0.2, 0.25) is 5.02 Å². The third kappa shape index (κ3) is 4.46. The van der Waals surface area contributed by atoms with E-state index in [-0.39, 0.29) is 0 Å². The molecule has 0 aliphatic carbocycles. The molecule has 2 nitrogen and oxygen atoms in total. The summed E-state index contributed by atoms with van der Waals surface area (Å²) >= 11 is 6.00. The predicted molar refractivity (Wildman–Crippen MR) is 85.9 cm³/mol. The summed E-state index contributed by atoms with van der Waals surface area (Å²) in [7, 11) is 1.63. The van der Waals surface area contributed by atoms with Gasteiger partial charge in [0.15, 0.2) is 0 Å². The summed E-state index contributed by atoms with van der Waals surface area (Å²) in [5.41, 5.74) is 2.45. The van der Waals surface area contributed by atoms with Gasteiger partial charge in [-0.2, -0.15) is 0 Å². The van der Waals surface area contributed by atoms with Crippen LogP contribution in [-0.4, -0.2) is 13.7 Å². The summed E-state index contributed by atoms with van der Waals surface area (Å²) < 4.78 is 5.20. The molecular weight excluding hydrogens is 270 g/mol. The average Bonchev–Trinajstić information content (AvgIpc) is 2.49. The van der Waals surface area contributed by atoms with Gasteiger partial charge in [-0.3, -0.25) is 0 Å². The number of methoxy groups -OCH3 is 1. The molecule has 0 spiro atoms. The Morgan fingerprint density at radius 2 is 1.85 bits per heavy atom. The minimum atomic E-state index is 0.641. The molecule has 3 heteroatoms. The van der Waals surface area contributed by atoms with E-state index in [2.05, 4.69) is 35.6 Å². The van der Waals surface area contributed by atoms with E-state index in [9.17, 15) is 0 Å². The summed E-state index contributed by atoms with van der Waals surface area (Å²) in [6, 6.07) is 16.4. The number of benzene rings is 2. The molecule has 0 fully saturated rings. The van der Waals surface area contributed by atoms with Crippen molar-refractivity contribution in [3.8, 4) is 5.75 Å². The number of nitrogens with one attached hydrogen (secondary N) is 1. The van der Waals surface area contributed by atoms with Crippen molar-refractivity contribution < 1.29 is 4.74 Å². The first-order chi connectivity index (χ1) is 9.79. The Hall–Kier alpha value is -1.67. The van der Waals surface area contributed by atoms with Crippen molar-refractivity contribution in [1.29, 1.82) is 0 Å². The van der Waals surface area contributed by atoms with Crippen LogP contribution >= 0.6 is 11.6 Å². The lowest BCUT2D eigenvalue weighted by atomic mass is 10.1. The molecule has 2 rings (SSSR count). The fourth-order valence-electron chi connectivity index (χ4n) is 2.10. The molecule has 0 aromatic heterocycles. The van der Waals surface area contributed by atoms with E-state index in [1.54, 1.807) is 7.11 Å². The second kappa shape index (κ2) is 7.81. The van der Waals surface area contributed by atoms with Crippen LogP contribution in [0.25, 0.3) is 0 Å². The number of anilines is 1. The number of halogens is 1. The Morgan fingerprint density at radius 1 is 1.05 bits per heavy atom. The van der Waals surface area contributed by atoms with E-state index in [1.165, 1.54) is 12.0 Å². The SMILES string of the molecule is COc1cc(NCCCCc2ccccc2)ccc1Cl. The molecule has 2 aromatic rings. The van der Waals surface area contributed by atoms with E-state index in [1.807, 2.05) is 18.2 Å². The van der Waals surface area contributed by atoms with E-state index >= 15 is 0 Å². The normalized spacial score (nSPS) is 10.3. The fourth-order valence-corrected chi connectivity index (χ4v) is 2.30. The maximum Gasteiger partial charge on any atom is 0.139 e. The minimum absolute atomic E-state index is 0.641. The first-order valence-corrected chi connectivity index (χ1v) is 7.29. The number of rotatable bonds is 7. The van der Waals surface area contributed by atoms with Gasteiger partial charge in [-0.05, 0) is 37.0 Å². The largest absolute Gasteiger partial charge is 0.495 e. The highest BCUT2D eigenvalue weighted by Gasteiger charge is 2.01. The molecule has 1 N–H and O–H groups in total. The summed E-state index contributed by atoms with van der Waals surface area (Å²) in [6.07, 6.45) is 3.45. The molecule has 106 valence electrons. The summed E-state index contributed by atoms with van der Waals surface area (Å²) in [6.45, 7) is 0.956. The van der Waals surface area contributed by atoms with Gasteiger partial charge in [-0.15, -0.1) is 0 Å². The van der Waals surface area contributed by atoms with Crippen LogP contribution in [0.15, 0.2) is 48.5 Å². The first kappa shape index (κ1) is 14.7. The van der Waals surface area contributed by atoms with Gasteiger partial charge in [0.2, 0.25) is 0 Å². The monoisotopic (exact) mass is 289 g/mol. The third-order valence-electron chi connectivity index (χ3n) is 3.22. The van der Waals surface area contributed by atoms with Crippen LogP contribution in [-0.2, 0) is 6.42 Å². The number of unbranched alkanes of at least 4 members (excludes halogenated alkanes) is 1. The van der Waals surface area contributed by atoms with Crippen LogP contribution < -0.4 is 10.1 Å². The minimum Gasteiger partial charge on any atom is -0.495 e. The number of hydrogen-bond acceptors (Lipinski definition) is 2. The molecule has 20 heavy (non-hydrogen) atoms. The highest BCUT2D eigenvalue weighted by atomic mass is 35.5. The van der Waals surface area contributed by atoms with Crippen LogP contribution in [0.4, 0.5) is 5.69 Å². The standard InChI is InChI=1S/C17H20ClNO/c1-20-17-13-15(10-11-16(17)18)19-12-6-5-9-14-7-3-2-4-8-14/h2-4,7-8,10-11,13,19H,5-6,9,12H2,1H3. The highest BCUT2D eigenvalue weighted by molar-refractivity contribution is 6.32. The summed E-state index contributed by atoms with van der Waals surface area (Å²) in [5.74, 6) is 0.709. The van der Waals surface area contributed by atoms with Crippen LogP contribution in [0.3, 0.4) is 0 Å². The lowest BCUT2D eigenvalue weighted by Gasteiger charge is -2.09. The second-order valence-corrected chi connectivity index (χ2v) is 5.13. The first-order valence-electron chi connectivity index (χ1n) is 6.91. The van der Waals surface area contributed by atoms with Crippen molar-refractivity contribution in [2.24, 2.45) is 0 Å². The van der Waals surface area contributed by atoms with Gasteiger partial charge >= 0.3 is 0 Å². The van der Waals surface area contributed by atoms with E-state index in [0.29, 0.717) is 10.8 Å². The van der Waals surface area contributed by atoms with Crippen molar-refractivity contribution >= 4 is 17.3 Å². The van der Waals surface area contributed by atoms with E-state index in [0.717, 1.165) is 25.1 Å². The lowest BCUT2D eigenvalue weighted by Crippen LogP contribution is -2.02. The van der Waals surface area contributed by atoms with Gasteiger partial charge in [0, 0.05) is 18.3 Å². The zero-order valence-electron chi connectivity index (χ0n) is 11.7. The summed E-state index contributed by atoms with van der Waals surface area (Å²) in [4.78, 5) is 0. The molecule has 0 aliphatic rings. The maximum absolute atomic E-state index is 6.00. The molecule has 0 bridgehead atoms. The van der Waals surface area contributed by atoms with Crippen molar-refractivity contribution in [2.75, 3.05) is 19.0 Å². The Kier molecular flexibility index (Phi) is 5.75. The third-order valence-corrected chi connectivity index (χ3v) is 3.53. The average molecular weight is 290 g/mol. The molecule has 0 unspecified atom stereocenters. The van der Waals surface area contributed by atoms with E-state index < -0.39 is 0 Å². The number of hydrogen-bond donors (Lipinski definition) is 1. The number of ether oxygens (including phenoxy) is 1. The molecule has 0 saturated heterocycles. The number of aryl methyl sites for hydroxylation is 1. The Balaban J connectivity index is 1.71.